The number of fused-ring (bicyclic) bond motifs is 5. The molecule has 0 radical (unpaired) electrons. The van der Waals surface area contributed by atoms with Gasteiger partial charge in [-0.3, -0.25) is 5.10 Å². The van der Waals surface area contributed by atoms with E-state index in [4.69, 9.17) is 5.73 Å². The summed E-state index contributed by atoms with van der Waals surface area (Å²) in [4.78, 5) is 12.8. The molecular weight excluding hydrogens is 228 g/mol. The first-order chi connectivity index (χ1) is 8.83. The number of nitrogens with two attached hydrogens (primary N) is 1. The smallest absolute Gasteiger partial charge is 0.220 e. The zero-order valence-electron chi connectivity index (χ0n) is 9.51. The summed E-state index contributed by atoms with van der Waals surface area (Å²) in [6, 6.07) is 0. The van der Waals surface area contributed by atoms with E-state index in [-0.39, 0.29) is 0 Å². The molecule has 6 heteroatoms. The van der Waals surface area contributed by atoms with E-state index in [2.05, 4.69) is 25.1 Å². The Morgan fingerprint density at radius 2 is 2.06 bits per heavy atom. The zero-order valence-corrected chi connectivity index (χ0v) is 9.51. The van der Waals surface area contributed by atoms with Gasteiger partial charge in [0.05, 0.1) is 11.9 Å². The highest BCUT2D eigenvalue weighted by Crippen LogP contribution is 2.36. The first kappa shape index (κ1) is 9.52. The Morgan fingerprint density at radius 1 is 1.11 bits per heavy atom. The van der Waals surface area contributed by atoms with Gasteiger partial charge >= 0.3 is 0 Å². The molecule has 3 heterocycles. The summed E-state index contributed by atoms with van der Waals surface area (Å²) in [7, 11) is 0. The van der Waals surface area contributed by atoms with Crippen LogP contribution in [0, 0.1) is 0 Å². The Morgan fingerprint density at radius 3 is 3.00 bits per heavy atom. The third-order valence-electron chi connectivity index (χ3n) is 3.35. The Kier molecular flexibility index (Phi) is 1.72. The highest BCUT2D eigenvalue weighted by molar-refractivity contribution is 5.95. The fourth-order valence-corrected chi connectivity index (χ4v) is 2.53. The summed E-state index contributed by atoms with van der Waals surface area (Å²) in [5, 5.41) is 7.95. The quantitative estimate of drug-likeness (QED) is 0.611. The van der Waals surface area contributed by atoms with Crippen LogP contribution in [0.5, 0.6) is 0 Å². The van der Waals surface area contributed by atoms with Crippen LogP contribution >= 0.6 is 0 Å². The number of aryl methyl sites for hydroxylation is 2. The molecule has 18 heavy (non-hydrogen) atoms. The molecule has 0 saturated carbocycles. The molecule has 0 amide bonds. The standard InChI is InChI=1S/C12H10N6/c13-12-15-4-7-9(17-12)2-1-6-3-14-11-8(10(6)7)5-16-18-11/h3-5H,1-2H2,(H2,13,15,17)(H,14,16,18). The van der Waals surface area contributed by atoms with E-state index in [0.29, 0.717) is 5.95 Å². The molecule has 0 unspecified atom stereocenters. The van der Waals surface area contributed by atoms with Crippen molar-refractivity contribution in [3.8, 4) is 11.1 Å². The van der Waals surface area contributed by atoms with Gasteiger partial charge in [0.25, 0.3) is 0 Å². The number of nitrogens with one attached hydrogen (secondary N) is 1. The molecule has 3 aromatic heterocycles. The Hall–Kier alpha value is -2.50. The van der Waals surface area contributed by atoms with E-state index >= 15 is 0 Å². The number of nitrogens with zero attached hydrogens (tertiary/aromatic N) is 4. The number of aromatic amines is 1. The second kappa shape index (κ2) is 3.25. The molecule has 4 rings (SSSR count). The van der Waals surface area contributed by atoms with Crippen molar-refractivity contribution < 1.29 is 0 Å². The van der Waals surface area contributed by atoms with Crippen molar-refractivity contribution in [2.75, 3.05) is 5.73 Å². The Labute approximate surface area is 102 Å². The molecule has 1 aliphatic carbocycles. The first-order valence-electron chi connectivity index (χ1n) is 5.75. The molecule has 3 N–H and O–H groups in total. The van der Waals surface area contributed by atoms with Crippen LogP contribution in [0.2, 0.25) is 0 Å². The van der Waals surface area contributed by atoms with Crippen molar-refractivity contribution in [2.45, 2.75) is 12.8 Å². The maximum Gasteiger partial charge on any atom is 0.220 e. The minimum atomic E-state index is 0.328. The molecule has 3 aromatic rings. The second-order valence-electron chi connectivity index (χ2n) is 4.38. The molecule has 1 aliphatic rings. The maximum absolute atomic E-state index is 5.64. The van der Waals surface area contributed by atoms with Crippen molar-refractivity contribution in [1.82, 2.24) is 25.1 Å². The fraction of sp³-hybridized carbons (Fsp3) is 0.167. The monoisotopic (exact) mass is 238 g/mol. The van der Waals surface area contributed by atoms with Crippen molar-refractivity contribution >= 4 is 17.0 Å². The van der Waals surface area contributed by atoms with E-state index in [1.54, 1.807) is 12.4 Å². The number of anilines is 1. The van der Waals surface area contributed by atoms with Crippen LogP contribution in [0.4, 0.5) is 5.95 Å². The minimum Gasteiger partial charge on any atom is -0.368 e. The van der Waals surface area contributed by atoms with Crippen molar-refractivity contribution in [3.05, 3.63) is 29.8 Å². The summed E-state index contributed by atoms with van der Waals surface area (Å²) < 4.78 is 0. The summed E-state index contributed by atoms with van der Waals surface area (Å²) in [6.07, 6.45) is 7.29. The molecule has 0 spiro atoms. The van der Waals surface area contributed by atoms with Gasteiger partial charge in [-0.2, -0.15) is 5.10 Å². The largest absolute Gasteiger partial charge is 0.368 e. The lowest BCUT2D eigenvalue weighted by Gasteiger charge is -2.18. The van der Waals surface area contributed by atoms with Crippen molar-refractivity contribution in [1.29, 1.82) is 0 Å². The van der Waals surface area contributed by atoms with E-state index in [9.17, 15) is 0 Å². The number of aromatic nitrogens is 5. The molecule has 0 atom stereocenters. The van der Waals surface area contributed by atoms with Crippen LogP contribution in [0.3, 0.4) is 0 Å². The lowest BCUT2D eigenvalue weighted by Crippen LogP contribution is -2.09. The van der Waals surface area contributed by atoms with Crippen LogP contribution in [0.15, 0.2) is 18.6 Å². The van der Waals surface area contributed by atoms with Crippen molar-refractivity contribution in [2.24, 2.45) is 0 Å². The van der Waals surface area contributed by atoms with Gasteiger partial charge < -0.3 is 5.73 Å². The molecular formula is C12H10N6. The Bertz CT molecular complexity index is 760. The Balaban J connectivity index is 2.11. The van der Waals surface area contributed by atoms with Gasteiger partial charge in [-0.15, -0.1) is 0 Å². The zero-order chi connectivity index (χ0) is 12.1. The summed E-state index contributed by atoms with van der Waals surface area (Å²) in [6.45, 7) is 0. The average molecular weight is 238 g/mol. The van der Waals surface area contributed by atoms with Crippen LogP contribution in [-0.4, -0.2) is 25.1 Å². The topological polar surface area (TPSA) is 93.4 Å². The summed E-state index contributed by atoms with van der Waals surface area (Å²) in [5.74, 6) is 0.328. The van der Waals surface area contributed by atoms with Gasteiger partial charge in [0, 0.05) is 28.9 Å². The predicted molar refractivity (Wildman–Crippen MR) is 66.7 cm³/mol. The van der Waals surface area contributed by atoms with Crippen LogP contribution in [-0.2, 0) is 12.8 Å². The molecule has 0 aliphatic heterocycles. The van der Waals surface area contributed by atoms with Crippen LogP contribution < -0.4 is 5.73 Å². The molecule has 0 fully saturated rings. The summed E-state index contributed by atoms with van der Waals surface area (Å²) >= 11 is 0. The number of H-pyrrole nitrogens is 1. The lowest BCUT2D eigenvalue weighted by molar-refractivity contribution is 0.884. The normalized spacial score (nSPS) is 13.3. The van der Waals surface area contributed by atoms with Gasteiger partial charge in [0.2, 0.25) is 5.95 Å². The van der Waals surface area contributed by atoms with E-state index in [0.717, 1.165) is 40.7 Å². The predicted octanol–water partition coefficient (Wildman–Crippen LogP) is 1.10. The van der Waals surface area contributed by atoms with Gasteiger partial charge in [-0.05, 0) is 18.4 Å². The fourth-order valence-electron chi connectivity index (χ4n) is 2.53. The number of pyridine rings is 1. The molecule has 0 bridgehead atoms. The van der Waals surface area contributed by atoms with Crippen molar-refractivity contribution in [3.63, 3.8) is 0 Å². The molecule has 88 valence electrons. The maximum atomic E-state index is 5.64. The molecule has 0 saturated heterocycles. The molecule has 6 nitrogen and oxygen atoms in total. The van der Waals surface area contributed by atoms with Gasteiger partial charge in [0.1, 0.15) is 0 Å². The third kappa shape index (κ3) is 1.17. The lowest BCUT2D eigenvalue weighted by atomic mass is 9.89. The van der Waals surface area contributed by atoms with E-state index in [1.807, 2.05) is 6.20 Å². The third-order valence-corrected chi connectivity index (χ3v) is 3.35. The number of nitrogen functional groups attached to an aromatic ring is 1. The highest BCUT2D eigenvalue weighted by atomic mass is 15.1. The first-order valence-corrected chi connectivity index (χ1v) is 5.75. The minimum absolute atomic E-state index is 0.328. The van der Waals surface area contributed by atoms with Crippen LogP contribution in [0.1, 0.15) is 11.3 Å². The number of hydrogen-bond donors (Lipinski definition) is 2. The summed E-state index contributed by atoms with van der Waals surface area (Å²) in [5.41, 5.74) is 10.8. The highest BCUT2D eigenvalue weighted by Gasteiger charge is 2.21. The average Bonchev–Trinajstić information content (AvgIpc) is 2.86. The van der Waals surface area contributed by atoms with Gasteiger partial charge in [-0.25, -0.2) is 15.0 Å². The van der Waals surface area contributed by atoms with E-state index < -0.39 is 0 Å². The SMILES string of the molecule is Nc1ncc2c(n1)CCc1cnc3[nH]ncc3c1-2. The number of rotatable bonds is 0. The van der Waals surface area contributed by atoms with Gasteiger partial charge in [-0.1, -0.05) is 0 Å². The van der Waals surface area contributed by atoms with Gasteiger partial charge in [0.15, 0.2) is 5.65 Å². The number of hydrogen-bond acceptors (Lipinski definition) is 5. The second-order valence-corrected chi connectivity index (χ2v) is 4.38. The molecule has 0 aromatic carbocycles. The van der Waals surface area contributed by atoms with E-state index in [1.165, 1.54) is 5.56 Å². The van der Waals surface area contributed by atoms with Crippen LogP contribution in [0.25, 0.3) is 22.2 Å².